The Balaban J connectivity index is 1.81. The number of hydrogen-bond acceptors (Lipinski definition) is 6. The summed E-state index contributed by atoms with van der Waals surface area (Å²) < 4.78 is 41.7. The number of carbonyl (C=O) groups is 1. The molecule has 1 N–H and O–H groups in total. The fourth-order valence-electron chi connectivity index (χ4n) is 2.54. The lowest BCUT2D eigenvalue weighted by molar-refractivity contribution is -0.128. The second kappa shape index (κ2) is 10.8. The van der Waals surface area contributed by atoms with E-state index in [0.29, 0.717) is 23.7 Å². The standard InChI is InChI=1S/C21H28N2O6S/c1-5-20(29-18-8-6-7-17(15-18)27-4)21(24)22-13-14-28-16-9-11-19(12-10-16)30(25,26)23(2)3/h6-12,15,20H,5,13-14H2,1-4H3,(H,22,24)/t20-/m0/s1. The molecule has 0 bridgehead atoms. The number of ether oxygens (including phenoxy) is 3. The van der Waals surface area contributed by atoms with Gasteiger partial charge in [-0.2, -0.15) is 0 Å². The molecule has 2 aromatic carbocycles. The Morgan fingerprint density at radius 3 is 2.33 bits per heavy atom. The summed E-state index contributed by atoms with van der Waals surface area (Å²) in [5, 5.41) is 2.78. The zero-order valence-corrected chi connectivity index (χ0v) is 18.4. The van der Waals surface area contributed by atoms with Crippen molar-refractivity contribution in [2.75, 3.05) is 34.4 Å². The molecular formula is C21H28N2O6S. The van der Waals surface area contributed by atoms with E-state index in [-0.39, 0.29) is 24.0 Å². The van der Waals surface area contributed by atoms with Gasteiger partial charge < -0.3 is 19.5 Å². The van der Waals surface area contributed by atoms with Crippen molar-refractivity contribution < 1.29 is 27.4 Å². The number of benzene rings is 2. The largest absolute Gasteiger partial charge is 0.497 e. The highest BCUT2D eigenvalue weighted by Gasteiger charge is 2.19. The van der Waals surface area contributed by atoms with E-state index >= 15 is 0 Å². The van der Waals surface area contributed by atoms with Crippen molar-refractivity contribution in [3.8, 4) is 17.2 Å². The molecule has 0 aromatic heterocycles. The lowest BCUT2D eigenvalue weighted by Crippen LogP contribution is -2.39. The van der Waals surface area contributed by atoms with Crippen LogP contribution in [0, 0.1) is 0 Å². The molecule has 30 heavy (non-hydrogen) atoms. The van der Waals surface area contributed by atoms with Gasteiger partial charge in [-0.1, -0.05) is 13.0 Å². The van der Waals surface area contributed by atoms with Crippen molar-refractivity contribution in [1.29, 1.82) is 0 Å². The van der Waals surface area contributed by atoms with E-state index in [2.05, 4.69) is 5.32 Å². The number of amides is 1. The van der Waals surface area contributed by atoms with E-state index in [4.69, 9.17) is 14.2 Å². The van der Waals surface area contributed by atoms with Gasteiger partial charge in [0.2, 0.25) is 10.0 Å². The Hall–Kier alpha value is -2.78. The average molecular weight is 437 g/mol. The van der Waals surface area contributed by atoms with Gasteiger partial charge in [-0.25, -0.2) is 12.7 Å². The zero-order chi connectivity index (χ0) is 22.1. The molecule has 0 saturated heterocycles. The fraction of sp³-hybridized carbons (Fsp3) is 0.381. The molecule has 0 aliphatic rings. The third-order valence-electron chi connectivity index (χ3n) is 4.26. The van der Waals surface area contributed by atoms with E-state index in [1.54, 1.807) is 43.5 Å². The molecule has 1 amide bonds. The summed E-state index contributed by atoms with van der Waals surface area (Å²) in [5.41, 5.74) is 0. The van der Waals surface area contributed by atoms with Crippen LogP contribution in [0.1, 0.15) is 13.3 Å². The monoisotopic (exact) mass is 436 g/mol. The highest BCUT2D eigenvalue weighted by atomic mass is 32.2. The summed E-state index contributed by atoms with van der Waals surface area (Å²) in [6.07, 6.45) is -0.126. The number of methoxy groups -OCH3 is 1. The molecule has 9 heteroatoms. The third kappa shape index (κ3) is 6.36. The van der Waals surface area contributed by atoms with E-state index in [9.17, 15) is 13.2 Å². The molecule has 0 spiro atoms. The van der Waals surface area contributed by atoms with Crippen molar-refractivity contribution in [3.05, 3.63) is 48.5 Å². The zero-order valence-electron chi connectivity index (χ0n) is 17.6. The summed E-state index contributed by atoms with van der Waals surface area (Å²) in [4.78, 5) is 12.6. The SMILES string of the molecule is CC[C@H](Oc1cccc(OC)c1)C(=O)NCCOc1ccc(S(=O)(=O)N(C)C)cc1. The van der Waals surface area contributed by atoms with Gasteiger partial charge in [0.15, 0.2) is 6.10 Å². The van der Waals surface area contributed by atoms with E-state index in [1.807, 2.05) is 6.92 Å². The Bertz CT molecular complexity index is 929. The Morgan fingerprint density at radius 2 is 1.73 bits per heavy atom. The minimum atomic E-state index is -3.47. The molecule has 1 atom stereocenters. The Labute approximate surface area is 177 Å². The molecule has 2 rings (SSSR count). The van der Waals surface area contributed by atoms with E-state index < -0.39 is 16.1 Å². The van der Waals surface area contributed by atoms with Crippen molar-refractivity contribution in [3.63, 3.8) is 0 Å². The molecule has 0 radical (unpaired) electrons. The predicted molar refractivity (Wildman–Crippen MR) is 114 cm³/mol. The maximum atomic E-state index is 12.4. The van der Waals surface area contributed by atoms with Crippen molar-refractivity contribution >= 4 is 15.9 Å². The number of nitrogens with zero attached hydrogens (tertiary/aromatic N) is 1. The number of sulfonamides is 1. The lowest BCUT2D eigenvalue weighted by atomic mass is 10.2. The molecule has 0 aliphatic carbocycles. The van der Waals surface area contributed by atoms with Crippen LogP contribution in [0.4, 0.5) is 0 Å². The minimum Gasteiger partial charge on any atom is -0.497 e. The molecule has 8 nitrogen and oxygen atoms in total. The normalized spacial score (nSPS) is 12.3. The summed E-state index contributed by atoms with van der Waals surface area (Å²) in [6.45, 7) is 2.39. The van der Waals surface area contributed by atoms with E-state index in [1.165, 1.54) is 26.2 Å². The minimum absolute atomic E-state index is 0.189. The Morgan fingerprint density at radius 1 is 1.07 bits per heavy atom. The third-order valence-corrected chi connectivity index (χ3v) is 6.08. The summed E-state index contributed by atoms with van der Waals surface area (Å²) in [5.74, 6) is 1.49. The number of nitrogens with one attached hydrogen (secondary N) is 1. The predicted octanol–water partition coefficient (Wildman–Crippen LogP) is 2.30. The maximum Gasteiger partial charge on any atom is 0.261 e. The van der Waals surface area contributed by atoms with Crippen LogP contribution in [0.25, 0.3) is 0 Å². The molecule has 0 aliphatic heterocycles. The quantitative estimate of drug-likeness (QED) is 0.543. The number of rotatable bonds is 11. The molecule has 0 saturated carbocycles. The highest BCUT2D eigenvalue weighted by Crippen LogP contribution is 2.21. The van der Waals surface area contributed by atoms with Crippen LogP contribution in [-0.4, -0.2) is 59.1 Å². The molecule has 0 fully saturated rings. The van der Waals surface area contributed by atoms with Gasteiger partial charge in [-0.05, 0) is 42.8 Å². The number of carbonyl (C=O) groups excluding carboxylic acids is 1. The topological polar surface area (TPSA) is 94.2 Å². The molecule has 164 valence electrons. The van der Waals surface area contributed by atoms with Gasteiger partial charge in [0, 0.05) is 20.2 Å². The van der Waals surface area contributed by atoms with Gasteiger partial charge in [-0.15, -0.1) is 0 Å². The highest BCUT2D eigenvalue weighted by molar-refractivity contribution is 7.89. The lowest BCUT2D eigenvalue weighted by Gasteiger charge is -2.18. The fourth-order valence-corrected chi connectivity index (χ4v) is 3.44. The van der Waals surface area contributed by atoms with Gasteiger partial charge >= 0.3 is 0 Å². The van der Waals surface area contributed by atoms with Crippen LogP contribution in [0.2, 0.25) is 0 Å². The first-order valence-electron chi connectivity index (χ1n) is 9.51. The molecule has 0 unspecified atom stereocenters. The van der Waals surface area contributed by atoms with Crippen LogP contribution in [-0.2, 0) is 14.8 Å². The summed E-state index contributed by atoms with van der Waals surface area (Å²) >= 11 is 0. The van der Waals surface area contributed by atoms with Crippen LogP contribution in [0.15, 0.2) is 53.4 Å². The van der Waals surface area contributed by atoms with Crippen LogP contribution in [0.5, 0.6) is 17.2 Å². The number of hydrogen-bond donors (Lipinski definition) is 1. The van der Waals surface area contributed by atoms with Gasteiger partial charge in [0.1, 0.15) is 23.9 Å². The van der Waals surface area contributed by atoms with Crippen molar-refractivity contribution in [1.82, 2.24) is 9.62 Å². The summed E-state index contributed by atoms with van der Waals surface area (Å²) in [6, 6.07) is 13.2. The maximum absolute atomic E-state index is 12.4. The van der Waals surface area contributed by atoms with Crippen molar-refractivity contribution in [2.24, 2.45) is 0 Å². The van der Waals surface area contributed by atoms with E-state index in [0.717, 1.165) is 4.31 Å². The first-order chi connectivity index (χ1) is 14.3. The van der Waals surface area contributed by atoms with Crippen LogP contribution >= 0.6 is 0 Å². The molecule has 0 heterocycles. The van der Waals surface area contributed by atoms with Crippen molar-refractivity contribution in [2.45, 2.75) is 24.3 Å². The van der Waals surface area contributed by atoms with Gasteiger partial charge in [0.25, 0.3) is 5.91 Å². The smallest absolute Gasteiger partial charge is 0.261 e. The Kier molecular flexibility index (Phi) is 8.49. The second-order valence-corrected chi connectivity index (χ2v) is 8.74. The summed E-state index contributed by atoms with van der Waals surface area (Å²) in [7, 11) is 1.05. The van der Waals surface area contributed by atoms with Crippen LogP contribution < -0.4 is 19.5 Å². The molecular weight excluding hydrogens is 408 g/mol. The van der Waals surface area contributed by atoms with Gasteiger partial charge in [-0.3, -0.25) is 4.79 Å². The first kappa shape index (κ1) is 23.5. The average Bonchev–Trinajstić information content (AvgIpc) is 2.75. The first-order valence-corrected chi connectivity index (χ1v) is 11.0. The van der Waals surface area contributed by atoms with Gasteiger partial charge in [0.05, 0.1) is 18.6 Å². The second-order valence-electron chi connectivity index (χ2n) is 6.59. The van der Waals surface area contributed by atoms with Crippen LogP contribution in [0.3, 0.4) is 0 Å². The molecule has 2 aromatic rings.